The van der Waals surface area contributed by atoms with E-state index in [-0.39, 0.29) is 5.41 Å². The van der Waals surface area contributed by atoms with Crippen molar-refractivity contribution in [2.75, 3.05) is 11.9 Å². The molecule has 5 heteroatoms. The van der Waals surface area contributed by atoms with Crippen LogP contribution in [0.3, 0.4) is 0 Å². The van der Waals surface area contributed by atoms with Crippen LogP contribution in [0, 0.1) is 0 Å². The van der Waals surface area contributed by atoms with Gasteiger partial charge in [-0.1, -0.05) is 41.5 Å². The zero-order valence-electron chi connectivity index (χ0n) is 13.4. The quantitative estimate of drug-likeness (QED) is 0.775. The molecular weight excluding hydrogens is 334 g/mol. The van der Waals surface area contributed by atoms with Gasteiger partial charge in [-0.2, -0.15) is 11.8 Å². The molecule has 1 rings (SSSR count). The molecule has 114 valence electrons. The van der Waals surface area contributed by atoms with Crippen molar-refractivity contribution in [2.24, 2.45) is 0 Å². The van der Waals surface area contributed by atoms with Crippen molar-refractivity contribution in [2.45, 2.75) is 64.4 Å². The first-order valence-corrected chi connectivity index (χ1v) is 9.02. The number of halogens is 1. The standard InChI is InChI=1S/C15H26BrN3S/c1-7-8-17-14-12(16)13(15(4,5)6)18-11(19-14)9-20-10(2)3/h10H,7-9H2,1-6H3,(H,17,18,19). The maximum atomic E-state index is 4.77. The van der Waals surface area contributed by atoms with Crippen molar-refractivity contribution in [3.05, 3.63) is 16.0 Å². The highest BCUT2D eigenvalue weighted by Crippen LogP contribution is 2.33. The Kier molecular flexibility index (Phi) is 6.79. The van der Waals surface area contributed by atoms with Gasteiger partial charge in [-0.3, -0.25) is 0 Å². The minimum atomic E-state index is 0.00165. The molecule has 0 aliphatic rings. The second-order valence-corrected chi connectivity index (χ2v) is 8.55. The van der Waals surface area contributed by atoms with Crippen molar-refractivity contribution in [1.29, 1.82) is 0 Å². The third-order valence-corrected chi connectivity index (χ3v) is 4.54. The minimum absolute atomic E-state index is 0.00165. The van der Waals surface area contributed by atoms with E-state index in [9.17, 15) is 0 Å². The summed E-state index contributed by atoms with van der Waals surface area (Å²) in [7, 11) is 0. The summed E-state index contributed by atoms with van der Waals surface area (Å²) in [5.41, 5.74) is 1.08. The molecule has 0 spiro atoms. The lowest BCUT2D eigenvalue weighted by molar-refractivity contribution is 0.560. The Bertz CT molecular complexity index is 441. The molecule has 0 amide bonds. The fraction of sp³-hybridized carbons (Fsp3) is 0.733. The van der Waals surface area contributed by atoms with Crippen molar-refractivity contribution < 1.29 is 0 Å². The predicted octanol–water partition coefficient (Wildman–Crippen LogP) is 5.00. The summed E-state index contributed by atoms with van der Waals surface area (Å²) < 4.78 is 0.997. The van der Waals surface area contributed by atoms with E-state index in [4.69, 9.17) is 4.98 Å². The maximum Gasteiger partial charge on any atom is 0.144 e. The molecule has 0 radical (unpaired) electrons. The van der Waals surface area contributed by atoms with Crippen LogP contribution < -0.4 is 5.32 Å². The maximum absolute atomic E-state index is 4.77. The number of hydrogen-bond donors (Lipinski definition) is 1. The van der Waals surface area contributed by atoms with Gasteiger partial charge in [0.2, 0.25) is 0 Å². The van der Waals surface area contributed by atoms with E-state index in [2.05, 4.69) is 67.8 Å². The van der Waals surface area contributed by atoms with Crippen molar-refractivity contribution >= 4 is 33.5 Å². The highest BCUT2D eigenvalue weighted by atomic mass is 79.9. The molecule has 0 bridgehead atoms. The Balaban J connectivity index is 3.12. The van der Waals surface area contributed by atoms with Crippen LogP contribution in [0.4, 0.5) is 5.82 Å². The van der Waals surface area contributed by atoms with Gasteiger partial charge >= 0.3 is 0 Å². The van der Waals surface area contributed by atoms with Crippen LogP contribution in [0.1, 0.15) is 59.5 Å². The Morgan fingerprint density at radius 2 is 1.90 bits per heavy atom. The topological polar surface area (TPSA) is 37.8 Å². The van der Waals surface area contributed by atoms with Gasteiger partial charge < -0.3 is 5.32 Å². The van der Waals surface area contributed by atoms with Gasteiger partial charge in [0.25, 0.3) is 0 Å². The van der Waals surface area contributed by atoms with Crippen LogP contribution in [-0.4, -0.2) is 21.8 Å². The number of anilines is 1. The van der Waals surface area contributed by atoms with E-state index in [1.165, 1.54) is 0 Å². The first-order valence-electron chi connectivity index (χ1n) is 7.18. The lowest BCUT2D eigenvalue weighted by Crippen LogP contribution is -2.18. The summed E-state index contributed by atoms with van der Waals surface area (Å²) in [4.78, 5) is 9.43. The molecule has 0 fully saturated rings. The SMILES string of the molecule is CCCNc1nc(CSC(C)C)nc(C(C)(C)C)c1Br. The molecular formula is C15H26BrN3S. The fourth-order valence-electron chi connectivity index (χ4n) is 1.66. The fourth-order valence-corrected chi connectivity index (χ4v) is 3.18. The van der Waals surface area contributed by atoms with Crippen LogP contribution >= 0.6 is 27.7 Å². The summed E-state index contributed by atoms with van der Waals surface area (Å²) in [5.74, 6) is 2.69. The second-order valence-electron chi connectivity index (χ2n) is 6.19. The molecule has 0 saturated carbocycles. The first kappa shape index (κ1) is 17.8. The number of rotatable bonds is 6. The molecule has 1 N–H and O–H groups in total. The minimum Gasteiger partial charge on any atom is -0.369 e. The molecule has 0 atom stereocenters. The second kappa shape index (κ2) is 7.64. The van der Waals surface area contributed by atoms with Crippen molar-refractivity contribution in [3.8, 4) is 0 Å². The summed E-state index contributed by atoms with van der Waals surface area (Å²) >= 11 is 5.54. The summed E-state index contributed by atoms with van der Waals surface area (Å²) in [6.07, 6.45) is 1.08. The molecule has 1 aromatic rings. The number of hydrogen-bond acceptors (Lipinski definition) is 4. The largest absolute Gasteiger partial charge is 0.369 e. The van der Waals surface area contributed by atoms with Gasteiger partial charge in [0.05, 0.1) is 15.9 Å². The summed E-state index contributed by atoms with van der Waals surface area (Å²) in [6.45, 7) is 14.0. The van der Waals surface area contributed by atoms with Crippen LogP contribution in [0.15, 0.2) is 4.47 Å². The normalized spacial score (nSPS) is 12.0. The zero-order chi connectivity index (χ0) is 15.3. The summed E-state index contributed by atoms with van der Waals surface area (Å²) in [5, 5.41) is 3.99. The molecule has 20 heavy (non-hydrogen) atoms. The van der Waals surface area contributed by atoms with E-state index < -0.39 is 0 Å². The number of aromatic nitrogens is 2. The molecule has 0 unspecified atom stereocenters. The third-order valence-electron chi connectivity index (χ3n) is 2.70. The van der Waals surface area contributed by atoms with Gasteiger partial charge in [0, 0.05) is 12.0 Å². The van der Waals surface area contributed by atoms with E-state index in [0.717, 1.165) is 40.5 Å². The Morgan fingerprint density at radius 1 is 1.25 bits per heavy atom. The van der Waals surface area contributed by atoms with Gasteiger partial charge in [0.1, 0.15) is 11.6 Å². The summed E-state index contributed by atoms with van der Waals surface area (Å²) in [6, 6.07) is 0. The van der Waals surface area contributed by atoms with Gasteiger partial charge in [-0.05, 0) is 27.6 Å². The van der Waals surface area contributed by atoms with E-state index in [1.807, 2.05) is 11.8 Å². The lowest BCUT2D eigenvalue weighted by Gasteiger charge is -2.22. The smallest absolute Gasteiger partial charge is 0.144 e. The number of nitrogens with zero attached hydrogens (tertiary/aromatic N) is 2. The third kappa shape index (κ3) is 5.24. The highest BCUT2D eigenvalue weighted by molar-refractivity contribution is 9.10. The average molecular weight is 360 g/mol. The van der Waals surface area contributed by atoms with Gasteiger partial charge in [0.15, 0.2) is 0 Å². The van der Waals surface area contributed by atoms with E-state index >= 15 is 0 Å². The molecule has 0 aliphatic heterocycles. The van der Waals surface area contributed by atoms with Crippen LogP contribution in [0.25, 0.3) is 0 Å². The Hall–Kier alpha value is -0.290. The average Bonchev–Trinajstić information content (AvgIpc) is 2.34. The van der Waals surface area contributed by atoms with E-state index in [0.29, 0.717) is 5.25 Å². The number of nitrogens with one attached hydrogen (secondary N) is 1. The van der Waals surface area contributed by atoms with Crippen LogP contribution in [-0.2, 0) is 11.2 Å². The molecule has 0 aromatic carbocycles. The Labute approximate surface area is 135 Å². The van der Waals surface area contributed by atoms with Gasteiger partial charge in [-0.25, -0.2) is 9.97 Å². The van der Waals surface area contributed by atoms with Crippen LogP contribution in [0.2, 0.25) is 0 Å². The molecule has 0 saturated heterocycles. The van der Waals surface area contributed by atoms with Gasteiger partial charge in [-0.15, -0.1) is 0 Å². The molecule has 1 aromatic heterocycles. The van der Waals surface area contributed by atoms with Crippen molar-refractivity contribution in [3.63, 3.8) is 0 Å². The van der Waals surface area contributed by atoms with Crippen LogP contribution in [0.5, 0.6) is 0 Å². The molecule has 1 heterocycles. The Morgan fingerprint density at radius 3 is 2.40 bits per heavy atom. The van der Waals surface area contributed by atoms with Crippen molar-refractivity contribution in [1.82, 2.24) is 9.97 Å². The zero-order valence-corrected chi connectivity index (χ0v) is 15.8. The monoisotopic (exact) mass is 359 g/mol. The molecule has 3 nitrogen and oxygen atoms in total. The molecule has 0 aliphatic carbocycles. The predicted molar refractivity (Wildman–Crippen MR) is 93.6 cm³/mol. The first-order chi connectivity index (χ1) is 9.25. The highest BCUT2D eigenvalue weighted by Gasteiger charge is 2.23. The number of thioether (sulfide) groups is 1. The van der Waals surface area contributed by atoms with E-state index in [1.54, 1.807) is 0 Å². The lowest BCUT2D eigenvalue weighted by atomic mass is 9.92.